The van der Waals surface area contributed by atoms with Gasteiger partial charge in [-0.1, -0.05) is 6.07 Å². The summed E-state index contributed by atoms with van der Waals surface area (Å²) in [5, 5.41) is 6.21. The van der Waals surface area contributed by atoms with Crippen LogP contribution in [0.3, 0.4) is 0 Å². The molecule has 0 radical (unpaired) electrons. The third-order valence-corrected chi connectivity index (χ3v) is 2.38. The lowest BCUT2D eigenvalue weighted by Gasteiger charge is -2.08. The van der Waals surface area contributed by atoms with Crippen molar-refractivity contribution in [2.45, 2.75) is 13.8 Å². The van der Waals surface area contributed by atoms with Crippen molar-refractivity contribution in [2.24, 2.45) is 0 Å². The summed E-state index contributed by atoms with van der Waals surface area (Å²) in [5.74, 6) is 1.49. The van der Waals surface area contributed by atoms with Gasteiger partial charge in [-0.3, -0.25) is 4.98 Å². The molecule has 0 unspecified atom stereocenters. The molecule has 0 aliphatic heterocycles. The monoisotopic (exact) mass is 228 g/mol. The molecule has 4 nitrogen and oxygen atoms in total. The van der Waals surface area contributed by atoms with Crippen molar-refractivity contribution >= 4 is 17.3 Å². The molecular weight excluding hydrogens is 212 g/mol. The Morgan fingerprint density at radius 1 is 0.941 bits per heavy atom. The van der Waals surface area contributed by atoms with Gasteiger partial charge in [0.25, 0.3) is 0 Å². The van der Waals surface area contributed by atoms with Crippen LogP contribution in [0.4, 0.5) is 17.3 Å². The van der Waals surface area contributed by atoms with E-state index in [0.717, 1.165) is 17.3 Å². The molecule has 1 aromatic carbocycles. The molecule has 0 saturated carbocycles. The Balaban J connectivity index is 2.24. The summed E-state index contributed by atoms with van der Waals surface area (Å²) in [7, 11) is 1.82. The molecule has 0 spiro atoms. The van der Waals surface area contributed by atoms with E-state index >= 15 is 0 Å². The maximum Gasteiger partial charge on any atom is 0.151 e. The predicted octanol–water partition coefficient (Wildman–Crippen LogP) is 2.88. The SMILES string of the molecule is CNc1cncc(Nc2cc(C)cc(C)c2)n1. The van der Waals surface area contributed by atoms with E-state index in [0.29, 0.717) is 0 Å². The molecule has 1 aromatic heterocycles. The van der Waals surface area contributed by atoms with E-state index in [1.807, 2.05) is 7.05 Å². The van der Waals surface area contributed by atoms with Gasteiger partial charge in [0.2, 0.25) is 0 Å². The van der Waals surface area contributed by atoms with E-state index in [1.165, 1.54) is 11.1 Å². The molecule has 2 aromatic rings. The predicted molar refractivity (Wildman–Crippen MR) is 70.8 cm³/mol. The van der Waals surface area contributed by atoms with Gasteiger partial charge >= 0.3 is 0 Å². The highest BCUT2D eigenvalue weighted by molar-refractivity contribution is 5.58. The van der Waals surface area contributed by atoms with Gasteiger partial charge in [0.1, 0.15) is 5.82 Å². The third-order valence-electron chi connectivity index (χ3n) is 2.38. The fourth-order valence-corrected chi connectivity index (χ4v) is 1.74. The van der Waals surface area contributed by atoms with Crippen LogP contribution in [0.25, 0.3) is 0 Å². The van der Waals surface area contributed by atoms with Crippen LogP contribution in [0.15, 0.2) is 30.6 Å². The van der Waals surface area contributed by atoms with E-state index in [2.05, 4.69) is 52.6 Å². The van der Waals surface area contributed by atoms with Crippen molar-refractivity contribution in [3.05, 3.63) is 41.7 Å². The van der Waals surface area contributed by atoms with Crippen LogP contribution in [-0.4, -0.2) is 17.0 Å². The normalized spacial score (nSPS) is 10.1. The second-order valence-electron chi connectivity index (χ2n) is 4.04. The van der Waals surface area contributed by atoms with Crippen LogP contribution in [0.5, 0.6) is 0 Å². The first-order chi connectivity index (χ1) is 8.17. The summed E-state index contributed by atoms with van der Waals surface area (Å²) in [6.07, 6.45) is 3.39. The van der Waals surface area contributed by atoms with E-state index in [4.69, 9.17) is 0 Å². The third kappa shape index (κ3) is 2.93. The zero-order valence-corrected chi connectivity index (χ0v) is 10.3. The number of benzene rings is 1. The van der Waals surface area contributed by atoms with Crippen LogP contribution >= 0.6 is 0 Å². The molecule has 0 aliphatic rings. The highest BCUT2D eigenvalue weighted by Gasteiger charge is 1.99. The Morgan fingerprint density at radius 2 is 1.59 bits per heavy atom. The minimum Gasteiger partial charge on any atom is -0.372 e. The first kappa shape index (κ1) is 11.4. The van der Waals surface area contributed by atoms with Gasteiger partial charge in [-0.25, -0.2) is 4.98 Å². The minimum atomic E-state index is 0.738. The molecule has 17 heavy (non-hydrogen) atoms. The lowest BCUT2D eigenvalue weighted by Crippen LogP contribution is -1.99. The molecule has 0 amide bonds. The number of rotatable bonds is 3. The average molecular weight is 228 g/mol. The highest BCUT2D eigenvalue weighted by Crippen LogP contribution is 2.18. The molecular formula is C13H16N4. The largest absolute Gasteiger partial charge is 0.372 e. The van der Waals surface area contributed by atoms with E-state index in [9.17, 15) is 0 Å². The summed E-state index contributed by atoms with van der Waals surface area (Å²) in [4.78, 5) is 8.47. The van der Waals surface area contributed by atoms with Gasteiger partial charge < -0.3 is 10.6 Å². The Kier molecular flexibility index (Phi) is 3.23. The van der Waals surface area contributed by atoms with Crippen molar-refractivity contribution in [1.82, 2.24) is 9.97 Å². The Morgan fingerprint density at radius 3 is 2.24 bits per heavy atom. The molecule has 2 rings (SSSR count). The quantitative estimate of drug-likeness (QED) is 0.848. The average Bonchev–Trinajstić information content (AvgIpc) is 2.28. The molecule has 0 atom stereocenters. The zero-order chi connectivity index (χ0) is 12.3. The molecule has 1 heterocycles. The fourth-order valence-electron chi connectivity index (χ4n) is 1.74. The van der Waals surface area contributed by atoms with Gasteiger partial charge in [-0.15, -0.1) is 0 Å². The fraction of sp³-hybridized carbons (Fsp3) is 0.231. The van der Waals surface area contributed by atoms with Crippen LogP contribution in [0.2, 0.25) is 0 Å². The lowest BCUT2D eigenvalue weighted by molar-refractivity contribution is 1.18. The molecule has 0 saturated heterocycles. The molecule has 0 fully saturated rings. The summed E-state index contributed by atoms with van der Waals surface area (Å²) >= 11 is 0. The van der Waals surface area contributed by atoms with Crippen molar-refractivity contribution in [3.63, 3.8) is 0 Å². The summed E-state index contributed by atoms with van der Waals surface area (Å²) in [6, 6.07) is 6.31. The molecule has 2 N–H and O–H groups in total. The topological polar surface area (TPSA) is 49.8 Å². The van der Waals surface area contributed by atoms with Gasteiger partial charge in [0, 0.05) is 12.7 Å². The van der Waals surface area contributed by atoms with E-state index in [1.54, 1.807) is 12.4 Å². The van der Waals surface area contributed by atoms with Crippen molar-refractivity contribution in [1.29, 1.82) is 0 Å². The van der Waals surface area contributed by atoms with Gasteiger partial charge in [-0.2, -0.15) is 0 Å². The summed E-state index contributed by atoms with van der Waals surface area (Å²) in [6.45, 7) is 4.15. The molecule has 88 valence electrons. The summed E-state index contributed by atoms with van der Waals surface area (Å²) < 4.78 is 0. The maximum atomic E-state index is 4.36. The highest BCUT2D eigenvalue weighted by atomic mass is 15.1. The van der Waals surface area contributed by atoms with Crippen molar-refractivity contribution < 1.29 is 0 Å². The number of nitrogens with zero attached hydrogens (tertiary/aromatic N) is 2. The van der Waals surface area contributed by atoms with Crippen LogP contribution in [0, 0.1) is 13.8 Å². The Hall–Kier alpha value is -2.10. The summed E-state index contributed by atoms with van der Waals surface area (Å²) in [5.41, 5.74) is 3.49. The van der Waals surface area contributed by atoms with Crippen LogP contribution in [-0.2, 0) is 0 Å². The first-order valence-corrected chi connectivity index (χ1v) is 5.52. The van der Waals surface area contributed by atoms with E-state index in [-0.39, 0.29) is 0 Å². The Bertz CT molecular complexity index is 502. The number of aryl methyl sites for hydroxylation is 2. The van der Waals surface area contributed by atoms with E-state index < -0.39 is 0 Å². The van der Waals surface area contributed by atoms with Gasteiger partial charge in [0.05, 0.1) is 12.4 Å². The molecule has 0 aliphatic carbocycles. The second-order valence-corrected chi connectivity index (χ2v) is 4.04. The number of aromatic nitrogens is 2. The van der Waals surface area contributed by atoms with Crippen molar-refractivity contribution in [3.8, 4) is 0 Å². The molecule has 0 bridgehead atoms. The van der Waals surface area contributed by atoms with Gasteiger partial charge in [0.15, 0.2) is 5.82 Å². The van der Waals surface area contributed by atoms with Crippen molar-refractivity contribution in [2.75, 3.05) is 17.7 Å². The first-order valence-electron chi connectivity index (χ1n) is 5.52. The number of hydrogen-bond acceptors (Lipinski definition) is 4. The standard InChI is InChI=1S/C13H16N4/c1-9-4-10(2)6-11(5-9)16-13-8-15-7-12(14-3)17-13/h4-8H,1-3H3,(H2,14,16,17). The van der Waals surface area contributed by atoms with Crippen LogP contribution in [0.1, 0.15) is 11.1 Å². The number of nitrogens with one attached hydrogen (secondary N) is 2. The number of hydrogen-bond donors (Lipinski definition) is 2. The van der Waals surface area contributed by atoms with Crippen LogP contribution < -0.4 is 10.6 Å². The maximum absolute atomic E-state index is 4.36. The number of anilines is 3. The Labute approximate surface area is 101 Å². The second kappa shape index (κ2) is 4.82. The smallest absolute Gasteiger partial charge is 0.151 e. The molecule has 4 heteroatoms. The minimum absolute atomic E-state index is 0.738. The van der Waals surface area contributed by atoms with Gasteiger partial charge in [-0.05, 0) is 37.1 Å². The zero-order valence-electron chi connectivity index (χ0n) is 10.3. The lowest BCUT2D eigenvalue weighted by atomic mass is 10.1.